The van der Waals surface area contributed by atoms with Gasteiger partial charge in [-0.3, -0.25) is 0 Å². The monoisotopic (exact) mass is 806 g/mol. The van der Waals surface area contributed by atoms with E-state index in [9.17, 15) is 0 Å². The molecule has 0 N–H and O–H groups in total. The maximum Gasteiger partial charge on any atom is 0.135 e. The van der Waals surface area contributed by atoms with Gasteiger partial charge in [0.2, 0.25) is 0 Å². The molecule has 2 aromatic heterocycles. The van der Waals surface area contributed by atoms with Crippen LogP contribution in [0.2, 0.25) is 5.02 Å². The third-order valence-corrected chi connectivity index (χ3v) is 15.0. The van der Waals surface area contributed by atoms with Gasteiger partial charge in [-0.25, -0.2) is 0 Å². The number of thiophene rings is 1. The molecule has 2 heterocycles. The molecule has 0 fully saturated rings. The van der Waals surface area contributed by atoms with Gasteiger partial charge < -0.3 is 4.42 Å². The highest BCUT2D eigenvalue weighted by Gasteiger charge is 2.51. The third kappa shape index (κ3) is 4.81. The van der Waals surface area contributed by atoms with Gasteiger partial charge in [0, 0.05) is 45.8 Å². The lowest BCUT2D eigenvalue weighted by molar-refractivity contribution is 0.669. The molecule has 0 saturated heterocycles. The van der Waals surface area contributed by atoms with E-state index in [-0.39, 0.29) is 5.41 Å². The number of rotatable bonds is 4. The van der Waals surface area contributed by atoms with Crippen LogP contribution >= 0.6 is 34.7 Å². The van der Waals surface area contributed by atoms with E-state index < -0.39 is 0 Å². The fraction of sp³-hybridized carbons (Fsp3) is 0.0182. The van der Waals surface area contributed by atoms with Crippen LogP contribution in [-0.4, -0.2) is 0 Å². The highest BCUT2D eigenvalue weighted by atomic mass is 35.5. The van der Waals surface area contributed by atoms with Gasteiger partial charge in [0.25, 0.3) is 0 Å². The fourth-order valence-corrected chi connectivity index (χ4v) is 12.7. The van der Waals surface area contributed by atoms with Crippen molar-refractivity contribution in [1.82, 2.24) is 0 Å². The van der Waals surface area contributed by atoms with Crippen LogP contribution in [0, 0.1) is 0 Å². The van der Waals surface area contributed by atoms with Gasteiger partial charge in [-0.2, -0.15) is 0 Å². The van der Waals surface area contributed by atoms with E-state index in [1.165, 1.54) is 80.7 Å². The Kier molecular flexibility index (Phi) is 7.16. The molecule has 0 aliphatic heterocycles. The molecule has 1 nitrogen and oxygen atoms in total. The van der Waals surface area contributed by atoms with Crippen molar-refractivity contribution in [1.29, 1.82) is 0 Å². The molecule has 11 aromatic rings. The van der Waals surface area contributed by atoms with E-state index in [1.807, 2.05) is 23.5 Å². The van der Waals surface area contributed by atoms with Crippen molar-refractivity contribution in [2.45, 2.75) is 15.2 Å². The van der Waals surface area contributed by atoms with E-state index in [1.54, 1.807) is 11.8 Å². The van der Waals surface area contributed by atoms with Crippen LogP contribution in [-0.2, 0) is 5.41 Å². The maximum absolute atomic E-state index is 6.87. The summed E-state index contributed by atoms with van der Waals surface area (Å²) in [6, 6.07) is 69.0. The van der Waals surface area contributed by atoms with Crippen molar-refractivity contribution < 1.29 is 4.42 Å². The molecule has 59 heavy (non-hydrogen) atoms. The first kappa shape index (κ1) is 33.6. The summed E-state index contributed by atoms with van der Waals surface area (Å²) < 4.78 is 8.69. The molecule has 2 aliphatic carbocycles. The van der Waals surface area contributed by atoms with Gasteiger partial charge in [0.05, 0.1) is 5.41 Å². The minimum absolute atomic E-state index is 0.335. The topological polar surface area (TPSA) is 13.1 Å². The quantitative estimate of drug-likeness (QED) is 0.176. The van der Waals surface area contributed by atoms with Gasteiger partial charge >= 0.3 is 0 Å². The number of halogens is 1. The van der Waals surface area contributed by atoms with Crippen molar-refractivity contribution in [2.75, 3.05) is 0 Å². The van der Waals surface area contributed by atoms with E-state index >= 15 is 0 Å². The first-order valence-electron chi connectivity index (χ1n) is 19.9. The lowest BCUT2D eigenvalue weighted by Gasteiger charge is -2.30. The molecule has 2 aliphatic rings. The Bertz CT molecular complexity index is 3530. The van der Waals surface area contributed by atoms with Gasteiger partial charge in [-0.1, -0.05) is 145 Å². The first-order chi connectivity index (χ1) is 29.1. The zero-order chi connectivity index (χ0) is 38.8. The van der Waals surface area contributed by atoms with Crippen LogP contribution in [0.3, 0.4) is 0 Å². The molecule has 276 valence electrons. The largest absolute Gasteiger partial charge is 0.456 e. The van der Waals surface area contributed by atoms with Gasteiger partial charge in [-0.15, -0.1) is 11.3 Å². The lowest BCUT2D eigenvalue weighted by Crippen LogP contribution is -2.25. The molecule has 0 saturated carbocycles. The molecule has 0 amide bonds. The van der Waals surface area contributed by atoms with Crippen LogP contribution < -0.4 is 0 Å². The Balaban J connectivity index is 0.916. The van der Waals surface area contributed by atoms with Gasteiger partial charge in [0.15, 0.2) is 0 Å². The number of fused-ring (bicyclic) bond motifs is 16. The zero-order valence-electron chi connectivity index (χ0n) is 31.5. The van der Waals surface area contributed by atoms with Crippen molar-refractivity contribution >= 4 is 76.8 Å². The Morgan fingerprint density at radius 2 is 1.03 bits per heavy atom. The molecular weight excluding hydrogens is 776 g/mol. The van der Waals surface area contributed by atoms with Crippen LogP contribution in [0.4, 0.5) is 0 Å². The van der Waals surface area contributed by atoms with Crippen molar-refractivity contribution in [3.8, 4) is 44.5 Å². The fourth-order valence-electron chi connectivity index (χ4n) is 10.2. The standard InChI is InChI=1S/C55H31ClOS2/c56-36-26-35(34-21-24-50-43(29-34)41-13-4-8-17-49(41)57-50)27-37(31-36)58-52-18-9-19-53-54(52)44-30-33(22-25-51(44)59-53)32-20-23-48-42(28-32)40-12-3-7-16-47(40)55(48)45-14-5-1-10-38(45)39-11-2-6-15-46(39)55/h1-31H. The number of hydrogen-bond donors (Lipinski definition) is 0. The average Bonchev–Trinajstić information content (AvgIpc) is 4.01. The molecular formula is C55H31ClOS2. The predicted molar refractivity (Wildman–Crippen MR) is 249 cm³/mol. The first-order valence-corrected chi connectivity index (χ1v) is 21.9. The smallest absolute Gasteiger partial charge is 0.135 e. The van der Waals surface area contributed by atoms with E-state index in [0.29, 0.717) is 0 Å². The minimum Gasteiger partial charge on any atom is -0.456 e. The minimum atomic E-state index is -0.335. The second-order valence-electron chi connectivity index (χ2n) is 15.7. The molecule has 13 rings (SSSR count). The predicted octanol–water partition coefficient (Wildman–Crippen LogP) is 16.4. The van der Waals surface area contributed by atoms with Crippen LogP contribution in [0.5, 0.6) is 0 Å². The van der Waals surface area contributed by atoms with Crippen LogP contribution in [0.1, 0.15) is 22.3 Å². The maximum atomic E-state index is 6.87. The second-order valence-corrected chi connectivity index (χ2v) is 18.3. The summed E-state index contributed by atoms with van der Waals surface area (Å²) in [4.78, 5) is 2.33. The van der Waals surface area contributed by atoms with E-state index in [2.05, 4.69) is 176 Å². The Labute approximate surface area is 354 Å². The number of furan rings is 1. The molecule has 1 spiro atoms. The molecule has 0 atom stereocenters. The highest BCUT2D eigenvalue weighted by Crippen LogP contribution is 2.63. The molecule has 0 unspecified atom stereocenters. The van der Waals surface area contributed by atoms with Crippen molar-refractivity contribution in [2.24, 2.45) is 0 Å². The SMILES string of the molecule is Clc1cc(Sc2cccc3sc4ccc(-c5ccc6c(c5)-c5ccccc5C65c6ccccc6-c6ccccc65)cc4c23)cc(-c2ccc3oc4ccccc4c3c2)c1. The van der Waals surface area contributed by atoms with Crippen molar-refractivity contribution in [3.63, 3.8) is 0 Å². The van der Waals surface area contributed by atoms with E-state index in [0.717, 1.165) is 43.0 Å². The second kappa shape index (κ2) is 12.6. The Morgan fingerprint density at radius 3 is 1.83 bits per heavy atom. The van der Waals surface area contributed by atoms with Crippen molar-refractivity contribution in [3.05, 3.63) is 215 Å². The normalized spacial score (nSPS) is 13.4. The summed E-state index contributed by atoms with van der Waals surface area (Å²) in [6.45, 7) is 0. The molecule has 4 heteroatoms. The molecule has 9 aromatic carbocycles. The third-order valence-electron chi connectivity index (χ3n) is 12.6. The summed E-state index contributed by atoms with van der Waals surface area (Å²) in [7, 11) is 0. The summed E-state index contributed by atoms with van der Waals surface area (Å²) in [5, 5.41) is 5.52. The number of para-hydroxylation sites is 1. The summed E-state index contributed by atoms with van der Waals surface area (Å²) in [5.74, 6) is 0. The number of benzene rings is 9. The highest BCUT2D eigenvalue weighted by molar-refractivity contribution is 7.99. The Hall–Kier alpha value is -6.36. The zero-order valence-corrected chi connectivity index (χ0v) is 33.9. The summed E-state index contributed by atoms with van der Waals surface area (Å²) in [6.07, 6.45) is 0. The van der Waals surface area contributed by atoms with Crippen LogP contribution in [0.15, 0.2) is 202 Å². The molecule has 0 bridgehead atoms. The van der Waals surface area contributed by atoms with Gasteiger partial charge in [0.1, 0.15) is 11.2 Å². The van der Waals surface area contributed by atoms with Crippen LogP contribution in [0.25, 0.3) is 86.6 Å². The summed E-state index contributed by atoms with van der Waals surface area (Å²) in [5.41, 5.74) is 16.9. The molecule has 0 radical (unpaired) electrons. The average molecular weight is 807 g/mol. The lowest BCUT2D eigenvalue weighted by atomic mass is 9.70. The number of hydrogen-bond acceptors (Lipinski definition) is 3. The Morgan fingerprint density at radius 1 is 0.424 bits per heavy atom. The van der Waals surface area contributed by atoms with E-state index in [4.69, 9.17) is 16.0 Å². The van der Waals surface area contributed by atoms with Gasteiger partial charge in [-0.05, 0) is 133 Å². The summed E-state index contributed by atoms with van der Waals surface area (Å²) >= 11 is 10.5.